The number of carbonyl (C=O) groups excluding carboxylic acids is 2. The zero-order chi connectivity index (χ0) is 27.1. The first-order valence-corrected chi connectivity index (χ1v) is 12.6. The molecule has 4 rings (SSSR count). The largest absolute Gasteiger partial charge is 0.506 e. The average Bonchev–Trinajstić information content (AvgIpc) is 2.91. The van der Waals surface area contributed by atoms with E-state index < -0.39 is 5.91 Å². The Labute approximate surface area is 234 Å². The lowest BCUT2D eigenvalue weighted by atomic mass is 10.0. The summed E-state index contributed by atoms with van der Waals surface area (Å²) >= 11 is 17.8. The number of benzene rings is 4. The maximum absolute atomic E-state index is 12.3. The maximum Gasteiger partial charge on any atom is 0.271 e. The Balaban J connectivity index is 1.35. The van der Waals surface area contributed by atoms with Gasteiger partial charge in [0.2, 0.25) is 0 Å². The van der Waals surface area contributed by atoms with Crippen molar-refractivity contribution in [2.75, 3.05) is 13.2 Å². The fourth-order valence-electron chi connectivity index (χ4n) is 3.64. The number of ether oxygens (including phenoxy) is 1. The van der Waals surface area contributed by atoms with Gasteiger partial charge in [-0.15, -0.1) is 0 Å². The van der Waals surface area contributed by atoms with Crippen molar-refractivity contribution >= 4 is 63.6 Å². The van der Waals surface area contributed by atoms with Gasteiger partial charge in [-0.1, -0.05) is 65.1 Å². The molecule has 0 unspecified atom stereocenters. The van der Waals surface area contributed by atoms with Gasteiger partial charge in [-0.25, -0.2) is 5.43 Å². The Bertz CT molecular complexity index is 1520. The summed E-state index contributed by atoms with van der Waals surface area (Å²) in [6.07, 6.45) is 2.12. The summed E-state index contributed by atoms with van der Waals surface area (Å²) < 4.78 is 5.80. The zero-order valence-corrected chi connectivity index (χ0v) is 22.1. The van der Waals surface area contributed by atoms with Gasteiger partial charge in [0.15, 0.2) is 6.61 Å². The number of hydrogen-bond donors (Lipinski definition) is 3. The highest BCUT2D eigenvalue weighted by Crippen LogP contribution is 2.28. The Morgan fingerprint density at radius 1 is 0.895 bits per heavy atom. The van der Waals surface area contributed by atoms with Crippen LogP contribution in [-0.2, 0) is 11.2 Å². The van der Waals surface area contributed by atoms with Crippen molar-refractivity contribution in [2.45, 2.75) is 6.42 Å². The third-order valence-corrected chi connectivity index (χ3v) is 6.62. The Morgan fingerprint density at radius 3 is 2.45 bits per heavy atom. The number of aromatic hydroxyl groups is 1. The summed E-state index contributed by atoms with van der Waals surface area (Å²) in [5.74, 6) is -0.296. The first-order valence-electron chi connectivity index (χ1n) is 11.5. The van der Waals surface area contributed by atoms with E-state index >= 15 is 0 Å². The molecule has 0 heterocycles. The summed E-state index contributed by atoms with van der Waals surface area (Å²) in [5.41, 5.74) is 4.40. The number of rotatable bonds is 9. The van der Waals surface area contributed by atoms with Crippen LogP contribution in [0.25, 0.3) is 10.8 Å². The SMILES string of the molecule is O=C(COc1ccc(/C=N/NC(=O)c2ccc(O)c(Cl)c2)c2ccccc12)NCCc1ccc(Cl)c(Cl)c1. The highest BCUT2D eigenvalue weighted by molar-refractivity contribution is 6.42. The molecule has 4 aromatic carbocycles. The van der Waals surface area contributed by atoms with Gasteiger partial charge < -0.3 is 15.2 Å². The van der Waals surface area contributed by atoms with Crippen molar-refractivity contribution in [3.05, 3.63) is 105 Å². The molecule has 0 bridgehead atoms. The van der Waals surface area contributed by atoms with Gasteiger partial charge in [-0.05, 0) is 59.8 Å². The van der Waals surface area contributed by atoms with E-state index in [0.29, 0.717) is 28.8 Å². The number of phenolic OH excluding ortho intramolecular Hbond substituents is 1. The fraction of sp³-hybridized carbons (Fsp3) is 0.107. The topological polar surface area (TPSA) is 100 Å². The monoisotopic (exact) mass is 569 g/mol. The van der Waals surface area contributed by atoms with Crippen LogP contribution in [-0.4, -0.2) is 36.3 Å². The molecule has 0 saturated carbocycles. The summed E-state index contributed by atoms with van der Waals surface area (Å²) in [5, 5.41) is 19.0. The smallest absolute Gasteiger partial charge is 0.271 e. The van der Waals surface area contributed by atoms with Crippen molar-refractivity contribution in [3.63, 3.8) is 0 Å². The van der Waals surface area contributed by atoms with Crippen molar-refractivity contribution < 1.29 is 19.4 Å². The quantitative estimate of drug-likeness (QED) is 0.170. The summed E-state index contributed by atoms with van der Waals surface area (Å²) in [6.45, 7) is 0.280. The van der Waals surface area contributed by atoms with Crippen molar-refractivity contribution in [3.8, 4) is 11.5 Å². The van der Waals surface area contributed by atoms with E-state index in [0.717, 1.165) is 21.9 Å². The molecule has 4 aromatic rings. The van der Waals surface area contributed by atoms with Crippen LogP contribution in [0.1, 0.15) is 21.5 Å². The number of halogens is 3. The summed E-state index contributed by atoms with van der Waals surface area (Å²) in [7, 11) is 0. The Hall–Kier alpha value is -3.78. The molecule has 0 saturated heterocycles. The van der Waals surface area contributed by atoms with Crippen molar-refractivity contribution in [1.29, 1.82) is 0 Å². The number of phenols is 1. The lowest BCUT2D eigenvalue weighted by Gasteiger charge is -2.11. The van der Waals surface area contributed by atoms with Crippen LogP contribution < -0.4 is 15.5 Å². The molecule has 0 radical (unpaired) electrons. The van der Waals surface area contributed by atoms with Crippen LogP contribution in [0.3, 0.4) is 0 Å². The number of amides is 2. The summed E-state index contributed by atoms with van der Waals surface area (Å²) in [4.78, 5) is 24.6. The van der Waals surface area contributed by atoms with E-state index in [9.17, 15) is 14.7 Å². The zero-order valence-electron chi connectivity index (χ0n) is 19.9. The van der Waals surface area contributed by atoms with Crippen LogP contribution in [0, 0.1) is 0 Å². The number of fused-ring (bicyclic) bond motifs is 1. The predicted molar refractivity (Wildman–Crippen MR) is 151 cm³/mol. The van der Waals surface area contributed by atoms with Crippen LogP contribution in [0.2, 0.25) is 15.1 Å². The van der Waals surface area contributed by atoms with Gasteiger partial charge in [0, 0.05) is 23.1 Å². The molecule has 0 aliphatic carbocycles. The number of hydrazone groups is 1. The number of hydrogen-bond acceptors (Lipinski definition) is 5. The minimum absolute atomic E-state index is 0.0726. The Morgan fingerprint density at radius 2 is 1.68 bits per heavy atom. The van der Waals surface area contributed by atoms with Gasteiger partial charge in [0.1, 0.15) is 11.5 Å². The molecule has 2 amide bonds. The highest BCUT2D eigenvalue weighted by Gasteiger charge is 2.10. The average molecular weight is 571 g/mol. The van der Waals surface area contributed by atoms with Gasteiger partial charge in [0.05, 0.1) is 21.3 Å². The lowest BCUT2D eigenvalue weighted by molar-refractivity contribution is -0.123. The van der Waals surface area contributed by atoms with Gasteiger partial charge in [0.25, 0.3) is 11.8 Å². The molecule has 38 heavy (non-hydrogen) atoms. The molecule has 7 nitrogen and oxygen atoms in total. The standard InChI is InChI=1S/C28H22Cl3N3O4/c29-22-8-5-17(13-23(22)30)11-12-32-27(36)16-38-26-10-7-19(20-3-1-2-4-21(20)26)15-33-34-28(37)18-6-9-25(35)24(31)14-18/h1-10,13-15,35H,11-12,16H2,(H,32,36)(H,34,37)/b33-15+. The van der Waals surface area contributed by atoms with Crippen LogP contribution in [0.5, 0.6) is 11.5 Å². The second kappa shape index (κ2) is 12.6. The maximum atomic E-state index is 12.3. The number of carbonyl (C=O) groups is 2. The molecule has 0 spiro atoms. The van der Waals surface area contributed by atoms with E-state index in [2.05, 4.69) is 15.8 Å². The lowest BCUT2D eigenvalue weighted by Crippen LogP contribution is -2.30. The normalized spacial score (nSPS) is 11.0. The molecule has 0 fully saturated rings. The van der Waals surface area contributed by atoms with E-state index in [-0.39, 0.29) is 28.8 Å². The minimum Gasteiger partial charge on any atom is -0.506 e. The van der Waals surface area contributed by atoms with Crippen LogP contribution in [0.4, 0.5) is 0 Å². The molecule has 194 valence electrons. The van der Waals surface area contributed by atoms with E-state index in [1.165, 1.54) is 24.4 Å². The number of nitrogens with zero attached hydrogens (tertiary/aromatic N) is 1. The number of nitrogens with one attached hydrogen (secondary N) is 2. The molecule has 0 atom stereocenters. The second-order valence-electron chi connectivity index (χ2n) is 8.20. The van der Waals surface area contributed by atoms with E-state index in [1.54, 1.807) is 24.3 Å². The predicted octanol–water partition coefficient (Wildman–Crippen LogP) is 6.01. The first kappa shape index (κ1) is 27.3. The fourth-order valence-corrected chi connectivity index (χ4v) is 4.14. The highest BCUT2D eigenvalue weighted by atomic mass is 35.5. The molecule has 10 heteroatoms. The van der Waals surface area contributed by atoms with E-state index in [4.69, 9.17) is 39.5 Å². The summed E-state index contributed by atoms with van der Waals surface area (Å²) in [6, 6.07) is 20.5. The van der Waals surface area contributed by atoms with Crippen molar-refractivity contribution in [2.24, 2.45) is 5.10 Å². The molecule has 3 N–H and O–H groups in total. The molecular formula is C28H22Cl3N3O4. The van der Waals surface area contributed by atoms with Crippen molar-refractivity contribution in [1.82, 2.24) is 10.7 Å². The molecule has 0 aromatic heterocycles. The van der Waals surface area contributed by atoms with Gasteiger partial charge in [-0.2, -0.15) is 5.10 Å². The third kappa shape index (κ3) is 6.95. The first-order chi connectivity index (χ1) is 18.3. The van der Waals surface area contributed by atoms with Gasteiger partial charge >= 0.3 is 0 Å². The van der Waals surface area contributed by atoms with Crippen LogP contribution in [0.15, 0.2) is 77.9 Å². The second-order valence-corrected chi connectivity index (χ2v) is 9.42. The molecule has 0 aliphatic heterocycles. The molecular weight excluding hydrogens is 549 g/mol. The third-order valence-electron chi connectivity index (χ3n) is 5.58. The molecule has 0 aliphatic rings. The minimum atomic E-state index is -0.474. The van der Waals surface area contributed by atoms with Gasteiger partial charge in [-0.3, -0.25) is 9.59 Å². The van der Waals surface area contributed by atoms with Crippen LogP contribution >= 0.6 is 34.8 Å². The van der Waals surface area contributed by atoms with E-state index in [1.807, 2.05) is 30.3 Å². The Kier molecular flexibility index (Phi) is 9.07.